The number of hydrogen-bond acceptors (Lipinski definition) is 18. The molecular weight excluding hydrogens is 991 g/mol. The van der Waals surface area contributed by atoms with E-state index in [4.69, 9.17) is 18.9 Å². The fraction of sp³-hybridized carbons (Fsp3) is 0.767. The van der Waals surface area contributed by atoms with Gasteiger partial charge in [-0.25, -0.2) is 14.7 Å². The zero-order valence-corrected chi connectivity index (χ0v) is 43.5. The summed E-state index contributed by atoms with van der Waals surface area (Å²) in [6.07, 6.45) is 1.64. The number of aliphatic carboxylic acids is 2. The lowest BCUT2D eigenvalue weighted by atomic mass is 9.74. The van der Waals surface area contributed by atoms with E-state index < -0.39 is 88.4 Å². The molecule has 27 nitrogen and oxygen atoms in total. The Morgan fingerprint density at radius 2 is 1.18 bits per heavy atom. The average molecular weight is 1070 g/mol. The summed E-state index contributed by atoms with van der Waals surface area (Å²) in [5.74, 6) is -4.85. The number of hydrogen-bond donors (Lipinski definition) is 11. The number of nitrogens with zero attached hydrogens (tertiary/aromatic N) is 3. The minimum Gasteiger partial charge on any atom is -0.593 e. The SMILES string of the molecule is CC(CCC(=O)NC(CCC(=O)NCCOCCOCC(=O)NC(CCCCNC(=O)CS)C(=O)O)C(=O)O)NC(=O)COCCOCCNC(=O)CCC[S+]([O-])NC(=O)C(C)(C)CC(C)(C)c1nnn[nH]1. The Bertz CT molecular complexity index is 1830. The van der Waals surface area contributed by atoms with E-state index in [-0.39, 0.29) is 128 Å². The number of aromatic nitrogens is 4. The van der Waals surface area contributed by atoms with Crippen LogP contribution in [-0.4, -0.2) is 191 Å². The van der Waals surface area contributed by atoms with Gasteiger partial charge in [-0.15, -0.1) is 5.10 Å². The lowest BCUT2D eigenvalue weighted by molar-refractivity contribution is -0.143. The van der Waals surface area contributed by atoms with E-state index in [1.54, 1.807) is 20.8 Å². The molecule has 0 aliphatic carbocycles. The molecule has 72 heavy (non-hydrogen) atoms. The highest BCUT2D eigenvalue weighted by atomic mass is 32.2. The van der Waals surface area contributed by atoms with Gasteiger partial charge < -0.3 is 65.6 Å². The maximum absolute atomic E-state index is 12.8. The zero-order chi connectivity index (χ0) is 54.0. The lowest BCUT2D eigenvalue weighted by Crippen LogP contribution is -2.44. The van der Waals surface area contributed by atoms with E-state index >= 15 is 0 Å². The molecule has 29 heteroatoms. The van der Waals surface area contributed by atoms with Crippen LogP contribution in [0.5, 0.6) is 0 Å². The molecule has 1 heterocycles. The smallest absolute Gasteiger partial charge is 0.326 e. The number of rotatable bonds is 42. The fourth-order valence-electron chi connectivity index (χ4n) is 6.63. The summed E-state index contributed by atoms with van der Waals surface area (Å²) < 4.78 is 36.3. The Morgan fingerprint density at radius 1 is 0.653 bits per heavy atom. The Labute approximate surface area is 427 Å². The van der Waals surface area contributed by atoms with Crippen molar-refractivity contribution in [2.24, 2.45) is 5.41 Å². The first kappa shape index (κ1) is 64.8. The van der Waals surface area contributed by atoms with Gasteiger partial charge >= 0.3 is 11.9 Å². The molecule has 0 saturated heterocycles. The third-order valence-corrected chi connectivity index (χ3v) is 11.7. The minimum absolute atomic E-state index is 0.0147. The number of carboxylic acids is 2. The molecule has 4 unspecified atom stereocenters. The topological polar surface area (TPSA) is 393 Å². The second-order valence-corrected chi connectivity index (χ2v) is 19.4. The van der Waals surface area contributed by atoms with Gasteiger partial charge in [0.2, 0.25) is 35.4 Å². The number of carbonyl (C=O) groups is 9. The highest BCUT2D eigenvalue weighted by Crippen LogP contribution is 2.35. The first-order chi connectivity index (χ1) is 34.1. The summed E-state index contributed by atoms with van der Waals surface area (Å²) in [5.41, 5.74) is -1.41. The Balaban J connectivity index is 2.11. The van der Waals surface area contributed by atoms with E-state index in [1.807, 2.05) is 13.8 Å². The Kier molecular flexibility index (Phi) is 33.0. The predicted octanol–water partition coefficient (Wildman–Crippen LogP) is -1.83. The quantitative estimate of drug-likeness (QED) is 0.0195. The molecule has 0 spiro atoms. The van der Waals surface area contributed by atoms with E-state index in [9.17, 15) is 57.9 Å². The molecule has 1 aromatic heterocycles. The zero-order valence-electron chi connectivity index (χ0n) is 41.8. The van der Waals surface area contributed by atoms with Gasteiger partial charge in [0.05, 0.1) is 56.8 Å². The van der Waals surface area contributed by atoms with Crippen LogP contribution < -0.4 is 36.6 Å². The molecule has 0 saturated carbocycles. The largest absolute Gasteiger partial charge is 0.593 e. The van der Waals surface area contributed by atoms with Crippen molar-refractivity contribution < 1.29 is 76.9 Å². The highest BCUT2D eigenvalue weighted by Gasteiger charge is 2.39. The molecule has 410 valence electrons. The molecule has 1 aromatic rings. The third-order valence-electron chi connectivity index (χ3n) is 10.3. The minimum atomic E-state index is -1.67. The molecule has 7 amide bonds. The number of ether oxygens (including phenoxy) is 4. The monoisotopic (exact) mass is 1070 g/mol. The van der Waals surface area contributed by atoms with Gasteiger partial charge in [0.15, 0.2) is 5.82 Å². The number of thiol groups is 1. The molecular formula is C43H75N11O16S2. The highest BCUT2D eigenvalue weighted by molar-refractivity contribution is 7.90. The van der Waals surface area contributed by atoms with Gasteiger partial charge in [-0.05, 0) is 55.9 Å². The number of tetrazole rings is 1. The van der Waals surface area contributed by atoms with Gasteiger partial charge in [-0.2, -0.15) is 17.4 Å². The van der Waals surface area contributed by atoms with Crippen LogP contribution in [0.1, 0.15) is 105 Å². The van der Waals surface area contributed by atoms with Crippen LogP contribution in [0.25, 0.3) is 0 Å². The van der Waals surface area contributed by atoms with Crippen molar-refractivity contribution in [1.82, 2.24) is 57.2 Å². The third kappa shape index (κ3) is 31.3. The van der Waals surface area contributed by atoms with Crippen LogP contribution in [0.15, 0.2) is 0 Å². The summed E-state index contributed by atoms with van der Waals surface area (Å²) >= 11 is 2.18. The van der Waals surface area contributed by atoms with E-state index in [0.29, 0.717) is 31.6 Å². The molecule has 0 aliphatic heterocycles. The average Bonchev–Trinajstić information content (AvgIpc) is 3.87. The second-order valence-electron chi connectivity index (χ2n) is 17.8. The molecule has 0 radical (unpaired) electrons. The normalized spacial score (nSPS) is 13.2. The van der Waals surface area contributed by atoms with Crippen LogP contribution in [-0.2, 0) is 78.9 Å². The number of H-pyrrole nitrogens is 1. The van der Waals surface area contributed by atoms with Gasteiger partial charge in [-0.3, -0.25) is 33.6 Å². The van der Waals surface area contributed by atoms with Crippen LogP contribution >= 0.6 is 12.6 Å². The van der Waals surface area contributed by atoms with Crippen molar-refractivity contribution in [3.05, 3.63) is 5.82 Å². The first-order valence-electron chi connectivity index (χ1n) is 23.6. The van der Waals surface area contributed by atoms with Crippen molar-refractivity contribution in [3.8, 4) is 0 Å². The van der Waals surface area contributed by atoms with Crippen molar-refractivity contribution in [1.29, 1.82) is 0 Å². The predicted molar refractivity (Wildman–Crippen MR) is 261 cm³/mol. The van der Waals surface area contributed by atoms with Crippen LogP contribution in [0.3, 0.4) is 0 Å². The lowest BCUT2D eigenvalue weighted by Gasteiger charge is -2.31. The number of amides is 7. The summed E-state index contributed by atoms with van der Waals surface area (Å²) in [7, 11) is 0. The number of carboxylic acid groups (broad SMARTS) is 2. The molecule has 10 N–H and O–H groups in total. The molecule has 4 atom stereocenters. The first-order valence-corrected chi connectivity index (χ1v) is 25.5. The van der Waals surface area contributed by atoms with Gasteiger partial charge in [-0.1, -0.05) is 27.7 Å². The molecule has 0 fully saturated rings. The van der Waals surface area contributed by atoms with Crippen molar-refractivity contribution in [2.75, 3.05) is 84.0 Å². The number of nitrogens with one attached hydrogen (secondary N) is 8. The summed E-state index contributed by atoms with van der Waals surface area (Å²) in [4.78, 5) is 109. The summed E-state index contributed by atoms with van der Waals surface area (Å²) in [5, 5.41) is 48.1. The number of carbonyl (C=O) groups excluding carboxylic acids is 7. The van der Waals surface area contributed by atoms with E-state index in [2.05, 4.69) is 69.9 Å². The Hall–Kier alpha value is -5.20. The van der Waals surface area contributed by atoms with E-state index in [0.717, 1.165) is 0 Å². The maximum atomic E-state index is 12.8. The fourth-order valence-corrected chi connectivity index (χ4v) is 7.73. The van der Waals surface area contributed by atoms with Crippen LogP contribution in [0.2, 0.25) is 0 Å². The van der Waals surface area contributed by atoms with Gasteiger partial charge in [0, 0.05) is 62.2 Å². The van der Waals surface area contributed by atoms with Gasteiger partial charge in [0.1, 0.15) is 31.1 Å². The number of unbranched alkanes of at least 4 members (excludes halogenated alkanes) is 1. The van der Waals surface area contributed by atoms with Crippen LogP contribution in [0, 0.1) is 5.41 Å². The van der Waals surface area contributed by atoms with Crippen LogP contribution in [0.4, 0.5) is 0 Å². The van der Waals surface area contributed by atoms with E-state index in [1.165, 1.54) is 0 Å². The number of aromatic amines is 1. The van der Waals surface area contributed by atoms with Crippen molar-refractivity contribution in [2.45, 2.75) is 122 Å². The van der Waals surface area contributed by atoms with Crippen molar-refractivity contribution in [3.63, 3.8) is 0 Å². The Morgan fingerprint density at radius 3 is 1.75 bits per heavy atom. The standard InChI is InChI=1S/C43H75N11O16S2/c1-29(47-35(58)25-69-22-20-67-18-16-45-32(55)10-8-24-72(66)52-41(65)43(4,5)28-42(2,3)40-50-53-54-51-40)11-13-34(57)48-31(39(63)64)12-14-33(56)46-17-19-68-21-23-70-26-36(59)49-30(38(61)62)9-6-7-15-44-37(60)27-71/h29-31,71H,6-28H2,1-5H3,(H,44,60)(H,45,55)(H,46,56)(H,47,58)(H,48,57)(H,49,59)(H,52,65)(H,61,62)(H,63,64)(H,50,51,53,54). The summed E-state index contributed by atoms with van der Waals surface area (Å²) in [6.45, 7) is 9.54. The molecule has 0 bridgehead atoms. The second kappa shape index (κ2) is 36.7. The molecule has 0 aromatic carbocycles. The molecule has 1 rings (SSSR count). The van der Waals surface area contributed by atoms with Crippen molar-refractivity contribution >= 4 is 77.3 Å². The maximum Gasteiger partial charge on any atom is 0.326 e. The summed E-state index contributed by atoms with van der Waals surface area (Å²) in [6, 6.07) is -2.88. The molecule has 0 aliphatic rings. The van der Waals surface area contributed by atoms with Gasteiger partial charge in [0.25, 0.3) is 5.91 Å².